The van der Waals surface area contributed by atoms with Gasteiger partial charge in [0.15, 0.2) is 0 Å². The number of allylic oxidation sites excluding steroid dienone is 2. The Bertz CT molecular complexity index is 575. The maximum Gasteiger partial charge on any atom is 0.303 e. The summed E-state index contributed by atoms with van der Waals surface area (Å²) in [6, 6.07) is 0. The summed E-state index contributed by atoms with van der Waals surface area (Å²) < 4.78 is 0. The van der Waals surface area contributed by atoms with Gasteiger partial charge in [0, 0.05) is 12.3 Å². The van der Waals surface area contributed by atoms with Crippen molar-refractivity contribution in [1.82, 2.24) is 0 Å². The summed E-state index contributed by atoms with van der Waals surface area (Å²) in [4.78, 5) is 10.8. The summed E-state index contributed by atoms with van der Waals surface area (Å²) in [5, 5.41) is 30.1. The molecular weight excluding hydrogens is 340 g/mol. The molecule has 0 amide bonds. The Labute approximate surface area is 163 Å². The first-order chi connectivity index (χ1) is 13.0. The monoisotopic (exact) mass is 376 g/mol. The maximum absolute atomic E-state index is 10.8. The van der Waals surface area contributed by atoms with Gasteiger partial charge in [0.05, 0.1) is 12.2 Å². The highest BCUT2D eigenvalue weighted by atomic mass is 16.4. The van der Waals surface area contributed by atoms with E-state index in [0.29, 0.717) is 18.3 Å². The van der Waals surface area contributed by atoms with Crippen molar-refractivity contribution in [3.63, 3.8) is 0 Å². The molecule has 152 valence electrons. The maximum atomic E-state index is 10.8. The summed E-state index contributed by atoms with van der Waals surface area (Å²) in [6.45, 7) is 2.21. The lowest BCUT2D eigenvalue weighted by Gasteiger charge is -2.59. The molecule has 27 heavy (non-hydrogen) atoms. The van der Waals surface area contributed by atoms with Gasteiger partial charge < -0.3 is 15.3 Å². The number of carbonyl (C=O) groups is 1. The second-order valence-electron chi connectivity index (χ2n) is 8.94. The van der Waals surface area contributed by atoms with Crippen LogP contribution in [0.4, 0.5) is 0 Å². The van der Waals surface area contributed by atoms with Gasteiger partial charge in [-0.15, -0.1) is 0 Å². The molecule has 3 saturated carbocycles. The van der Waals surface area contributed by atoms with Crippen LogP contribution in [-0.4, -0.2) is 33.5 Å². The van der Waals surface area contributed by atoms with Crippen molar-refractivity contribution in [2.45, 2.75) is 89.8 Å². The number of hydrogen-bond acceptors (Lipinski definition) is 3. The number of fused-ring (bicyclic) bond motifs is 1. The van der Waals surface area contributed by atoms with Gasteiger partial charge >= 0.3 is 5.97 Å². The van der Waals surface area contributed by atoms with Gasteiger partial charge in [-0.1, -0.05) is 50.0 Å². The molecule has 0 saturated heterocycles. The Morgan fingerprint density at radius 2 is 2.00 bits per heavy atom. The number of aliphatic hydroxyl groups excluding tert-OH is 2. The second-order valence-corrected chi connectivity index (χ2v) is 8.94. The van der Waals surface area contributed by atoms with Crippen molar-refractivity contribution in [3.8, 4) is 0 Å². The van der Waals surface area contributed by atoms with Gasteiger partial charge in [0.2, 0.25) is 0 Å². The lowest BCUT2D eigenvalue weighted by Crippen LogP contribution is -2.53. The van der Waals surface area contributed by atoms with Crippen LogP contribution in [0.25, 0.3) is 0 Å². The van der Waals surface area contributed by atoms with Crippen LogP contribution in [-0.2, 0) is 4.79 Å². The van der Waals surface area contributed by atoms with E-state index in [1.807, 2.05) is 6.08 Å². The molecule has 5 atom stereocenters. The smallest absolute Gasteiger partial charge is 0.303 e. The quantitative estimate of drug-likeness (QED) is 0.573. The van der Waals surface area contributed by atoms with Crippen molar-refractivity contribution in [2.24, 2.45) is 23.2 Å². The minimum atomic E-state index is -0.746. The summed E-state index contributed by atoms with van der Waals surface area (Å²) in [5.41, 5.74) is 1.53. The molecule has 3 rings (SSSR count). The molecule has 0 bridgehead atoms. The van der Waals surface area contributed by atoms with Gasteiger partial charge in [0.25, 0.3) is 0 Å². The highest BCUT2D eigenvalue weighted by Gasteiger charge is 2.55. The van der Waals surface area contributed by atoms with E-state index in [-0.39, 0.29) is 30.0 Å². The molecule has 0 radical (unpaired) electrons. The lowest BCUT2D eigenvalue weighted by molar-refractivity contribution is -0.136. The average Bonchev–Trinajstić information content (AvgIpc) is 2.66. The molecule has 3 aliphatic carbocycles. The highest BCUT2D eigenvalue weighted by Crippen LogP contribution is 2.63. The Hall–Kier alpha value is -1.13. The fraction of sp³-hybridized carbons (Fsp3) is 0.783. The Morgan fingerprint density at radius 3 is 2.67 bits per heavy atom. The summed E-state index contributed by atoms with van der Waals surface area (Å²) in [7, 11) is 0. The van der Waals surface area contributed by atoms with E-state index >= 15 is 0 Å². The molecular formula is C23H36O4. The normalized spacial score (nSPS) is 37.1. The van der Waals surface area contributed by atoms with Crippen molar-refractivity contribution in [1.29, 1.82) is 0 Å². The summed E-state index contributed by atoms with van der Waals surface area (Å²) >= 11 is 0. The predicted octanol–water partition coefficient (Wildman–Crippen LogP) is 4.46. The number of rotatable bonds is 7. The van der Waals surface area contributed by atoms with Gasteiger partial charge in [-0.25, -0.2) is 0 Å². The van der Waals surface area contributed by atoms with Crippen LogP contribution in [0.15, 0.2) is 23.8 Å². The molecule has 4 nitrogen and oxygen atoms in total. The van der Waals surface area contributed by atoms with E-state index in [2.05, 4.69) is 19.1 Å². The van der Waals surface area contributed by atoms with Crippen molar-refractivity contribution in [3.05, 3.63) is 23.8 Å². The molecule has 3 aliphatic rings. The lowest BCUT2D eigenvalue weighted by atomic mass is 9.46. The third-order valence-corrected chi connectivity index (χ3v) is 7.63. The van der Waals surface area contributed by atoms with Crippen LogP contribution in [0.3, 0.4) is 0 Å². The molecule has 1 unspecified atom stereocenters. The minimum Gasteiger partial charge on any atom is -0.481 e. The van der Waals surface area contributed by atoms with Gasteiger partial charge in [-0.2, -0.15) is 0 Å². The van der Waals surface area contributed by atoms with Crippen LogP contribution >= 0.6 is 0 Å². The molecule has 3 N–H and O–H groups in total. The first-order valence-electron chi connectivity index (χ1n) is 10.9. The standard InChI is InChI=1S/C23H36O4/c1-2-23-14-13-21(25)18(11-12-20(24)16-7-4-3-5-8-16)19(23)15-17(23)9-6-10-22(26)27/h9,11-12,16,18-21,24-25H,2-8,10,13-15H2,1H3,(H,26,27)/b12-11+,17-9?/t18-,19-,20?,21-,23-/m1/s1. The molecule has 0 aliphatic heterocycles. The molecule has 0 spiro atoms. The van der Waals surface area contributed by atoms with E-state index < -0.39 is 5.97 Å². The molecule has 0 aromatic heterocycles. The third-order valence-electron chi connectivity index (χ3n) is 7.63. The molecule has 0 aromatic carbocycles. The minimum absolute atomic E-state index is 0.105. The average molecular weight is 377 g/mol. The van der Waals surface area contributed by atoms with E-state index in [1.54, 1.807) is 0 Å². The third kappa shape index (κ3) is 4.32. The Balaban J connectivity index is 1.67. The number of hydrogen-bond donors (Lipinski definition) is 3. The topological polar surface area (TPSA) is 77.8 Å². The number of carboxylic acid groups (broad SMARTS) is 1. The van der Waals surface area contributed by atoms with Gasteiger partial charge in [-0.3, -0.25) is 4.79 Å². The fourth-order valence-corrected chi connectivity index (χ4v) is 5.92. The van der Waals surface area contributed by atoms with Gasteiger partial charge in [-0.05, 0) is 62.2 Å². The first kappa shape index (κ1) is 20.6. The van der Waals surface area contributed by atoms with Crippen LogP contribution in [0.5, 0.6) is 0 Å². The van der Waals surface area contributed by atoms with Crippen molar-refractivity contribution in [2.75, 3.05) is 0 Å². The van der Waals surface area contributed by atoms with E-state index in [9.17, 15) is 15.0 Å². The van der Waals surface area contributed by atoms with E-state index in [4.69, 9.17) is 5.11 Å². The fourth-order valence-electron chi connectivity index (χ4n) is 5.92. The van der Waals surface area contributed by atoms with E-state index in [1.165, 1.54) is 24.8 Å². The zero-order chi connectivity index (χ0) is 19.4. The molecule has 0 heterocycles. The van der Waals surface area contributed by atoms with Crippen LogP contribution < -0.4 is 0 Å². The van der Waals surface area contributed by atoms with Crippen LogP contribution in [0.2, 0.25) is 0 Å². The van der Waals surface area contributed by atoms with Crippen LogP contribution in [0.1, 0.15) is 77.6 Å². The second kappa shape index (κ2) is 8.91. The number of carboxylic acids is 1. The van der Waals surface area contributed by atoms with Crippen LogP contribution in [0, 0.1) is 23.2 Å². The highest BCUT2D eigenvalue weighted by molar-refractivity contribution is 5.66. The Kier molecular flexibility index (Phi) is 6.80. The van der Waals surface area contributed by atoms with Gasteiger partial charge in [0.1, 0.15) is 0 Å². The number of aliphatic hydroxyl groups is 2. The zero-order valence-corrected chi connectivity index (χ0v) is 16.6. The Morgan fingerprint density at radius 1 is 1.26 bits per heavy atom. The van der Waals surface area contributed by atoms with Crippen molar-refractivity contribution >= 4 is 5.97 Å². The SMILES string of the molecule is CC[C@]12CC[C@@H](O)[C@H](/C=C/C(O)C3CCCCC3)[C@H]1CC2=CCCC(=O)O. The largest absolute Gasteiger partial charge is 0.481 e. The van der Waals surface area contributed by atoms with E-state index in [0.717, 1.165) is 38.5 Å². The summed E-state index contributed by atoms with van der Waals surface area (Å²) in [6.07, 6.45) is 16.0. The molecule has 4 heteroatoms. The van der Waals surface area contributed by atoms with Crippen molar-refractivity contribution < 1.29 is 20.1 Å². The zero-order valence-electron chi connectivity index (χ0n) is 16.6. The molecule has 3 fully saturated rings. The summed E-state index contributed by atoms with van der Waals surface area (Å²) in [5.74, 6) is 0.148. The predicted molar refractivity (Wildman–Crippen MR) is 106 cm³/mol. The first-order valence-corrected chi connectivity index (χ1v) is 10.9. The molecule has 0 aromatic rings. The number of aliphatic carboxylic acids is 1.